The fourth-order valence-corrected chi connectivity index (χ4v) is 2.03. The number of carbonyl (C=O) groups excluding carboxylic acids is 1. The van der Waals surface area contributed by atoms with E-state index in [1.54, 1.807) is 0 Å². The van der Waals surface area contributed by atoms with Crippen LogP contribution in [0, 0.1) is 5.82 Å². The average molecular weight is 389 g/mol. The molecule has 1 amide bonds. The first-order chi connectivity index (χ1) is 8.45. The lowest BCUT2D eigenvalue weighted by molar-refractivity contribution is 0.0572. The number of hydrogen-bond acceptors (Lipinski definition) is 1. The molecule has 0 unspecified atom stereocenters. The van der Waals surface area contributed by atoms with Gasteiger partial charge in [0.05, 0.1) is 11.0 Å². The van der Waals surface area contributed by atoms with Gasteiger partial charge in [0.1, 0.15) is 5.82 Å². The highest BCUT2D eigenvalue weighted by Crippen LogP contribution is 2.18. The summed E-state index contributed by atoms with van der Waals surface area (Å²) >= 11 is 6.05. The molecule has 2 nitrogen and oxygen atoms in total. The van der Waals surface area contributed by atoms with E-state index in [0.717, 1.165) is 11.0 Å². The molecular formula is C11H10Br2F3NO. The standard InChI is InChI=1S/C11H10Br2F3NO/c12-3-4-17(6-10(15)16)11(18)7-1-2-8(13)9(14)5-7/h1-2,5,10H,3-4,6H2. The zero-order valence-corrected chi connectivity index (χ0v) is 12.3. The van der Waals surface area contributed by atoms with Gasteiger partial charge in [0.25, 0.3) is 12.3 Å². The minimum atomic E-state index is -2.62. The maximum Gasteiger partial charge on any atom is 0.255 e. The predicted molar refractivity (Wildman–Crippen MR) is 69.8 cm³/mol. The quantitative estimate of drug-likeness (QED) is 0.704. The van der Waals surface area contributed by atoms with Gasteiger partial charge in [-0.1, -0.05) is 15.9 Å². The highest BCUT2D eigenvalue weighted by atomic mass is 79.9. The van der Waals surface area contributed by atoms with Crippen molar-refractivity contribution in [3.05, 3.63) is 34.1 Å². The first-order valence-electron chi connectivity index (χ1n) is 5.04. The van der Waals surface area contributed by atoms with Gasteiger partial charge in [-0.05, 0) is 34.1 Å². The molecule has 0 aliphatic heterocycles. The molecule has 7 heteroatoms. The van der Waals surface area contributed by atoms with E-state index in [9.17, 15) is 18.0 Å². The second-order valence-corrected chi connectivity index (χ2v) is 5.11. The molecule has 0 fully saturated rings. The second-order valence-electron chi connectivity index (χ2n) is 3.46. The van der Waals surface area contributed by atoms with Crippen LogP contribution >= 0.6 is 31.9 Å². The first kappa shape index (κ1) is 15.5. The molecule has 0 saturated carbocycles. The second kappa shape index (κ2) is 7.13. The van der Waals surface area contributed by atoms with E-state index in [-0.39, 0.29) is 16.6 Å². The molecule has 0 aliphatic rings. The van der Waals surface area contributed by atoms with Crippen LogP contribution in [0.15, 0.2) is 22.7 Å². The molecule has 0 aromatic heterocycles. The van der Waals surface area contributed by atoms with E-state index >= 15 is 0 Å². The van der Waals surface area contributed by atoms with Crippen molar-refractivity contribution < 1.29 is 18.0 Å². The van der Waals surface area contributed by atoms with Gasteiger partial charge < -0.3 is 4.90 Å². The Bertz CT molecular complexity index is 429. The Morgan fingerprint density at radius 2 is 2.06 bits per heavy atom. The third kappa shape index (κ3) is 4.28. The number of benzene rings is 1. The van der Waals surface area contributed by atoms with Gasteiger partial charge >= 0.3 is 0 Å². The van der Waals surface area contributed by atoms with Crippen molar-refractivity contribution in [1.29, 1.82) is 0 Å². The monoisotopic (exact) mass is 387 g/mol. The van der Waals surface area contributed by atoms with Crippen molar-refractivity contribution in [2.45, 2.75) is 6.43 Å². The molecule has 0 atom stereocenters. The molecule has 0 bridgehead atoms. The van der Waals surface area contributed by atoms with Crippen LogP contribution in [0.2, 0.25) is 0 Å². The Hall–Kier alpha value is -0.560. The zero-order chi connectivity index (χ0) is 13.7. The lowest BCUT2D eigenvalue weighted by Crippen LogP contribution is -2.36. The van der Waals surface area contributed by atoms with Crippen molar-refractivity contribution in [1.82, 2.24) is 4.90 Å². The maximum atomic E-state index is 13.3. The van der Waals surface area contributed by atoms with Crippen LogP contribution in [0.4, 0.5) is 13.2 Å². The highest BCUT2D eigenvalue weighted by molar-refractivity contribution is 9.10. The molecular weight excluding hydrogens is 379 g/mol. The van der Waals surface area contributed by atoms with Crippen molar-refractivity contribution in [3.63, 3.8) is 0 Å². The number of rotatable bonds is 5. The molecule has 1 rings (SSSR count). The van der Waals surface area contributed by atoms with Gasteiger partial charge in [0.2, 0.25) is 0 Å². The Kier molecular flexibility index (Phi) is 6.14. The smallest absolute Gasteiger partial charge is 0.255 e. The molecule has 0 saturated heterocycles. The maximum absolute atomic E-state index is 13.3. The van der Waals surface area contributed by atoms with Crippen molar-refractivity contribution >= 4 is 37.8 Å². The van der Waals surface area contributed by atoms with Crippen LogP contribution in [0.1, 0.15) is 10.4 Å². The molecule has 0 spiro atoms. The topological polar surface area (TPSA) is 20.3 Å². The number of hydrogen-bond donors (Lipinski definition) is 0. The largest absolute Gasteiger partial charge is 0.332 e. The summed E-state index contributed by atoms with van der Waals surface area (Å²) in [6.45, 7) is -0.525. The van der Waals surface area contributed by atoms with Crippen LogP contribution in [-0.2, 0) is 0 Å². The predicted octanol–water partition coefficient (Wildman–Crippen LogP) is 3.69. The summed E-state index contributed by atoms with van der Waals surface area (Å²) in [6.07, 6.45) is -2.62. The first-order valence-corrected chi connectivity index (χ1v) is 6.95. The normalized spacial score (nSPS) is 10.8. The number of amides is 1. The van der Waals surface area contributed by atoms with Crippen LogP contribution in [0.3, 0.4) is 0 Å². The van der Waals surface area contributed by atoms with Crippen LogP contribution in [-0.4, -0.2) is 35.7 Å². The zero-order valence-electron chi connectivity index (χ0n) is 9.18. The fraction of sp³-hybridized carbons (Fsp3) is 0.364. The number of carbonyl (C=O) groups is 1. The third-order valence-electron chi connectivity index (χ3n) is 2.17. The van der Waals surface area contributed by atoms with Crippen LogP contribution < -0.4 is 0 Å². The Labute approximate surface area is 119 Å². The van der Waals surface area contributed by atoms with Crippen molar-refractivity contribution in [2.24, 2.45) is 0 Å². The third-order valence-corrected chi connectivity index (χ3v) is 3.16. The summed E-state index contributed by atoms with van der Waals surface area (Å²) in [5.41, 5.74) is 0.0531. The van der Waals surface area contributed by atoms with Gasteiger partial charge in [-0.2, -0.15) is 0 Å². The van der Waals surface area contributed by atoms with E-state index in [1.165, 1.54) is 12.1 Å². The SMILES string of the molecule is O=C(c1ccc(Br)c(F)c1)N(CCBr)CC(F)F. The molecule has 0 N–H and O–H groups in total. The van der Waals surface area contributed by atoms with Crippen LogP contribution in [0.25, 0.3) is 0 Å². The number of halogens is 5. The molecule has 100 valence electrons. The van der Waals surface area contributed by atoms with Gasteiger partial charge in [0.15, 0.2) is 0 Å². The summed E-state index contributed by atoms with van der Waals surface area (Å²) in [4.78, 5) is 12.9. The van der Waals surface area contributed by atoms with Crippen molar-refractivity contribution in [2.75, 3.05) is 18.4 Å². The Balaban J connectivity index is 2.90. The summed E-state index contributed by atoms with van der Waals surface area (Å²) in [5.74, 6) is -1.21. The van der Waals surface area contributed by atoms with Gasteiger partial charge in [-0.15, -0.1) is 0 Å². The Morgan fingerprint density at radius 1 is 1.39 bits per heavy atom. The Morgan fingerprint density at radius 3 is 2.56 bits per heavy atom. The number of nitrogens with zero attached hydrogens (tertiary/aromatic N) is 1. The minimum Gasteiger partial charge on any atom is -0.332 e. The van der Waals surface area contributed by atoms with E-state index in [4.69, 9.17) is 0 Å². The van der Waals surface area contributed by atoms with Crippen molar-refractivity contribution in [3.8, 4) is 0 Å². The number of alkyl halides is 3. The molecule has 0 radical (unpaired) electrons. The summed E-state index contributed by atoms with van der Waals surface area (Å²) < 4.78 is 38.2. The van der Waals surface area contributed by atoms with Crippen LogP contribution in [0.5, 0.6) is 0 Å². The highest BCUT2D eigenvalue weighted by Gasteiger charge is 2.19. The molecule has 1 aromatic carbocycles. The average Bonchev–Trinajstić information content (AvgIpc) is 2.31. The van der Waals surface area contributed by atoms with E-state index in [0.29, 0.717) is 5.33 Å². The minimum absolute atomic E-state index is 0.0531. The van der Waals surface area contributed by atoms with Gasteiger partial charge in [-0.25, -0.2) is 13.2 Å². The summed E-state index contributed by atoms with van der Waals surface area (Å²) in [6, 6.07) is 3.79. The lowest BCUT2D eigenvalue weighted by atomic mass is 10.2. The molecule has 0 heterocycles. The molecule has 0 aliphatic carbocycles. The summed E-state index contributed by atoms with van der Waals surface area (Å²) in [7, 11) is 0. The van der Waals surface area contributed by atoms with E-state index in [1.807, 2.05) is 0 Å². The molecule has 18 heavy (non-hydrogen) atoms. The molecule has 1 aromatic rings. The van der Waals surface area contributed by atoms with Gasteiger partial charge in [0, 0.05) is 17.4 Å². The summed E-state index contributed by atoms with van der Waals surface area (Å²) in [5, 5.41) is 0.379. The fourth-order valence-electron chi connectivity index (χ4n) is 1.36. The van der Waals surface area contributed by atoms with Gasteiger partial charge in [-0.3, -0.25) is 4.79 Å². The lowest BCUT2D eigenvalue weighted by Gasteiger charge is -2.21. The van der Waals surface area contributed by atoms with E-state index in [2.05, 4.69) is 31.9 Å². The van der Waals surface area contributed by atoms with E-state index < -0.39 is 24.7 Å².